The molecular formula is C22H25N3OS. The van der Waals surface area contributed by atoms with Crippen LogP contribution in [0.3, 0.4) is 0 Å². The Kier molecular flexibility index (Phi) is 8.47. The van der Waals surface area contributed by atoms with Gasteiger partial charge in [0.25, 0.3) is 5.91 Å². The fourth-order valence-corrected chi connectivity index (χ4v) is 3.52. The summed E-state index contributed by atoms with van der Waals surface area (Å²) in [6, 6.07) is 19.7. The van der Waals surface area contributed by atoms with Crippen molar-refractivity contribution in [2.75, 3.05) is 18.4 Å². The van der Waals surface area contributed by atoms with E-state index in [9.17, 15) is 10.1 Å². The average Bonchev–Trinajstić information content (AvgIpc) is 2.68. The van der Waals surface area contributed by atoms with E-state index in [0.717, 1.165) is 35.7 Å². The number of hydrogen-bond donors (Lipinski definition) is 1. The van der Waals surface area contributed by atoms with E-state index in [2.05, 4.69) is 19.2 Å². The molecule has 0 aliphatic rings. The summed E-state index contributed by atoms with van der Waals surface area (Å²) in [6.45, 7) is 5.82. The summed E-state index contributed by atoms with van der Waals surface area (Å²) in [7, 11) is 0. The van der Waals surface area contributed by atoms with Gasteiger partial charge in [-0.25, -0.2) is 0 Å². The lowest BCUT2D eigenvalue weighted by molar-refractivity contribution is -0.112. The van der Waals surface area contributed by atoms with E-state index >= 15 is 0 Å². The Hall–Kier alpha value is -2.71. The van der Waals surface area contributed by atoms with Gasteiger partial charge in [-0.2, -0.15) is 5.26 Å². The van der Waals surface area contributed by atoms with Crippen LogP contribution in [0.5, 0.6) is 0 Å². The van der Waals surface area contributed by atoms with Crippen LogP contribution in [0.2, 0.25) is 0 Å². The highest BCUT2D eigenvalue weighted by Crippen LogP contribution is 2.33. The molecule has 5 heteroatoms. The molecule has 0 unspecified atom stereocenters. The third-order valence-electron chi connectivity index (χ3n) is 3.80. The normalized spacial score (nSPS) is 10.9. The Bertz CT molecular complexity index is 806. The Morgan fingerprint density at radius 3 is 2.33 bits per heavy atom. The zero-order chi connectivity index (χ0) is 19.5. The lowest BCUT2D eigenvalue weighted by atomic mass is 10.2. The van der Waals surface area contributed by atoms with Crippen molar-refractivity contribution in [3.8, 4) is 6.07 Å². The van der Waals surface area contributed by atoms with Gasteiger partial charge in [-0.1, -0.05) is 55.9 Å². The molecular weight excluding hydrogens is 354 g/mol. The maximum Gasteiger partial charge on any atom is 0.267 e. The summed E-state index contributed by atoms with van der Waals surface area (Å²) in [5.74, 6) is -0.379. The molecule has 2 rings (SSSR count). The van der Waals surface area contributed by atoms with Crippen LogP contribution in [0.4, 0.5) is 5.69 Å². The van der Waals surface area contributed by atoms with Crippen LogP contribution in [0.15, 0.2) is 76.2 Å². The second kappa shape index (κ2) is 11.1. The van der Waals surface area contributed by atoms with Crippen molar-refractivity contribution in [3.63, 3.8) is 0 Å². The Morgan fingerprint density at radius 1 is 1.07 bits per heavy atom. The summed E-state index contributed by atoms with van der Waals surface area (Å²) in [6.07, 6.45) is 3.61. The largest absolute Gasteiger partial charge is 0.376 e. The van der Waals surface area contributed by atoms with Gasteiger partial charge in [0.2, 0.25) is 0 Å². The first-order valence-corrected chi connectivity index (χ1v) is 9.98. The monoisotopic (exact) mass is 379 g/mol. The first-order chi connectivity index (χ1) is 13.2. The Balaban J connectivity index is 2.17. The molecule has 0 aromatic heterocycles. The minimum atomic E-state index is -0.379. The highest BCUT2D eigenvalue weighted by molar-refractivity contribution is 7.99. The summed E-state index contributed by atoms with van der Waals surface area (Å²) in [4.78, 5) is 16.7. The number of nitriles is 1. The number of nitrogens with zero attached hydrogens (tertiary/aromatic N) is 2. The molecule has 1 N–H and O–H groups in total. The molecule has 0 aliphatic heterocycles. The number of para-hydroxylation sites is 1. The lowest BCUT2D eigenvalue weighted by Gasteiger charge is -2.19. The Morgan fingerprint density at radius 2 is 1.70 bits per heavy atom. The van der Waals surface area contributed by atoms with Gasteiger partial charge >= 0.3 is 0 Å². The van der Waals surface area contributed by atoms with E-state index in [1.54, 1.807) is 18.0 Å². The van der Waals surface area contributed by atoms with Gasteiger partial charge in [-0.05, 0) is 37.1 Å². The molecule has 2 aromatic carbocycles. The molecule has 27 heavy (non-hydrogen) atoms. The highest BCUT2D eigenvalue weighted by atomic mass is 32.2. The lowest BCUT2D eigenvalue weighted by Crippen LogP contribution is -2.23. The van der Waals surface area contributed by atoms with Gasteiger partial charge in [-0.15, -0.1) is 0 Å². The van der Waals surface area contributed by atoms with Gasteiger partial charge in [0.15, 0.2) is 0 Å². The van der Waals surface area contributed by atoms with Gasteiger partial charge in [0.1, 0.15) is 11.6 Å². The molecule has 0 atom stereocenters. The van der Waals surface area contributed by atoms with E-state index in [-0.39, 0.29) is 11.5 Å². The number of hydrogen-bond acceptors (Lipinski definition) is 4. The van der Waals surface area contributed by atoms with Crippen molar-refractivity contribution < 1.29 is 4.79 Å². The van der Waals surface area contributed by atoms with E-state index in [0.29, 0.717) is 5.69 Å². The maximum atomic E-state index is 12.7. The SMILES string of the molecule is CCCN(/C=C(/C#N)C(=O)Nc1ccccc1Sc1ccccc1)CCC. The summed E-state index contributed by atoms with van der Waals surface area (Å²) < 4.78 is 0. The smallest absolute Gasteiger partial charge is 0.267 e. The van der Waals surface area contributed by atoms with Crippen molar-refractivity contribution in [3.05, 3.63) is 66.4 Å². The fraction of sp³-hybridized carbons (Fsp3) is 0.273. The second-order valence-corrected chi connectivity index (χ2v) is 7.17. The number of amides is 1. The van der Waals surface area contributed by atoms with Gasteiger partial charge in [0, 0.05) is 29.1 Å². The van der Waals surface area contributed by atoms with Crippen LogP contribution in [0.25, 0.3) is 0 Å². The van der Waals surface area contributed by atoms with E-state index in [4.69, 9.17) is 0 Å². The van der Waals surface area contributed by atoms with Crippen molar-refractivity contribution in [2.24, 2.45) is 0 Å². The average molecular weight is 380 g/mol. The van der Waals surface area contributed by atoms with E-state index in [1.807, 2.05) is 65.6 Å². The molecule has 0 heterocycles. The zero-order valence-corrected chi connectivity index (χ0v) is 16.6. The fourth-order valence-electron chi connectivity index (χ4n) is 2.60. The van der Waals surface area contributed by atoms with Gasteiger partial charge in [0.05, 0.1) is 5.69 Å². The molecule has 4 nitrogen and oxygen atoms in total. The van der Waals surface area contributed by atoms with Crippen LogP contribution in [-0.2, 0) is 4.79 Å². The predicted octanol–water partition coefficient (Wildman–Crippen LogP) is 5.31. The number of rotatable bonds is 9. The van der Waals surface area contributed by atoms with E-state index < -0.39 is 0 Å². The third kappa shape index (κ3) is 6.50. The summed E-state index contributed by atoms with van der Waals surface area (Å²) in [5, 5.41) is 12.3. The molecule has 0 aliphatic carbocycles. The summed E-state index contributed by atoms with van der Waals surface area (Å²) >= 11 is 1.58. The standard InChI is InChI=1S/C22H25N3OS/c1-3-14-25(15-4-2)17-18(16-23)22(26)24-20-12-8-9-13-21(20)27-19-10-6-5-7-11-19/h5-13,17H,3-4,14-15H2,1-2H3,(H,24,26)/b18-17-. The number of anilines is 1. The van der Waals surface area contributed by atoms with Gasteiger partial charge < -0.3 is 10.2 Å². The van der Waals surface area contributed by atoms with Crippen molar-refractivity contribution >= 4 is 23.4 Å². The predicted molar refractivity (Wildman–Crippen MR) is 111 cm³/mol. The number of benzene rings is 2. The highest BCUT2D eigenvalue weighted by Gasteiger charge is 2.13. The first kappa shape index (κ1) is 20.6. The van der Waals surface area contributed by atoms with Crippen LogP contribution in [0, 0.1) is 11.3 Å². The molecule has 0 radical (unpaired) electrons. The summed E-state index contributed by atoms with van der Waals surface area (Å²) in [5.41, 5.74) is 0.825. The molecule has 0 saturated carbocycles. The van der Waals surface area contributed by atoms with Crippen LogP contribution >= 0.6 is 11.8 Å². The van der Waals surface area contributed by atoms with Crippen molar-refractivity contribution in [1.82, 2.24) is 4.90 Å². The molecule has 140 valence electrons. The minimum absolute atomic E-state index is 0.122. The molecule has 0 fully saturated rings. The van der Waals surface area contributed by atoms with Gasteiger partial charge in [-0.3, -0.25) is 4.79 Å². The topological polar surface area (TPSA) is 56.1 Å². The molecule has 0 saturated heterocycles. The van der Waals surface area contributed by atoms with Crippen molar-refractivity contribution in [2.45, 2.75) is 36.5 Å². The first-order valence-electron chi connectivity index (χ1n) is 9.17. The van der Waals surface area contributed by atoms with Crippen LogP contribution in [-0.4, -0.2) is 23.9 Å². The van der Waals surface area contributed by atoms with Crippen molar-refractivity contribution in [1.29, 1.82) is 5.26 Å². The van der Waals surface area contributed by atoms with Crippen LogP contribution < -0.4 is 5.32 Å². The third-order valence-corrected chi connectivity index (χ3v) is 4.89. The zero-order valence-electron chi connectivity index (χ0n) is 15.8. The molecule has 0 bridgehead atoms. The molecule has 1 amide bonds. The second-order valence-electron chi connectivity index (χ2n) is 6.06. The Labute approximate surface area is 165 Å². The molecule has 0 spiro atoms. The maximum absolute atomic E-state index is 12.7. The quantitative estimate of drug-likeness (QED) is 0.474. The molecule has 2 aromatic rings. The van der Waals surface area contributed by atoms with Crippen LogP contribution in [0.1, 0.15) is 26.7 Å². The number of carbonyl (C=O) groups excluding carboxylic acids is 1. The number of carbonyl (C=O) groups is 1. The number of nitrogens with one attached hydrogen (secondary N) is 1. The van der Waals surface area contributed by atoms with E-state index in [1.165, 1.54) is 0 Å². The minimum Gasteiger partial charge on any atom is -0.376 e.